The molecule has 46 valence electrons. The lowest BCUT2D eigenvalue weighted by atomic mass is 9.83. The van der Waals surface area contributed by atoms with E-state index in [1.807, 2.05) is 0 Å². The van der Waals surface area contributed by atoms with Crippen LogP contribution >= 0.6 is 0 Å². The molecule has 3 aliphatic rings. The number of fused-ring (bicyclic) bond motifs is 1. The zero-order valence-electron chi connectivity index (χ0n) is 4.80. The summed E-state index contributed by atoms with van der Waals surface area (Å²) in [6.07, 6.45) is 2.62. The summed E-state index contributed by atoms with van der Waals surface area (Å²) < 4.78 is 0. The van der Waals surface area contributed by atoms with Crippen LogP contribution in [0.2, 0.25) is 0 Å². The van der Waals surface area contributed by atoms with E-state index in [0.717, 1.165) is 12.0 Å². The fourth-order valence-electron chi connectivity index (χ4n) is 1.77. The van der Waals surface area contributed by atoms with Gasteiger partial charge < -0.3 is 10.4 Å². The molecule has 2 heterocycles. The van der Waals surface area contributed by atoms with Crippen molar-refractivity contribution in [2.45, 2.75) is 24.9 Å². The fraction of sp³-hybridized carbons (Fsp3) is 1.00. The van der Waals surface area contributed by atoms with Gasteiger partial charge in [0.2, 0.25) is 0 Å². The maximum atomic E-state index is 8.70. The van der Waals surface area contributed by atoms with E-state index in [1.165, 1.54) is 12.8 Å². The lowest BCUT2D eigenvalue weighted by molar-refractivity contribution is 0.230. The van der Waals surface area contributed by atoms with E-state index in [0.29, 0.717) is 12.6 Å². The molecule has 0 spiro atoms. The number of hydrogen-bond donors (Lipinski definition) is 2. The van der Waals surface area contributed by atoms with E-state index >= 15 is 0 Å². The molecular weight excluding hydrogens is 102 g/mol. The normalized spacial score (nSPS) is 51.4. The summed E-state index contributed by atoms with van der Waals surface area (Å²) in [6, 6.07) is 1.21. The van der Waals surface area contributed by atoms with E-state index in [4.69, 9.17) is 5.11 Å². The van der Waals surface area contributed by atoms with Crippen molar-refractivity contribution in [1.29, 1.82) is 0 Å². The topological polar surface area (TPSA) is 32.3 Å². The Morgan fingerprint density at radius 2 is 2.25 bits per heavy atom. The summed E-state index contributed by atoms with van der Waals surface area (Å²) in [5.74, 6) is 0.810. The number of hydrogen-bond acceptors (Lipinski definition) is 2. The van der Waals surface area contributed by atoms with Crippen LogP contribution < -0.4 is 5.32 Å². The Bertz CT molecular complexity index is 98.7. The Hall–Kier alpha value is -0.0800. The summed E-state index contributed by atoms with van der Waals surface area (Å²) in [6.45, 7) is 0.334. The van der Waals surface area contributed by atoms with Gasteiger partial charge in [-0.15, -0.1) is 0 Å². The summed E-state index contributed by atoms with van der Waals surface area (Å²) in [7, 11) is 0. The van der Waals surface area contributed by atoms with Crippen LogP contribution in [0.4, 0.5) is 0 Å². The van der Waals surface area contributed by atoms with Gasteiger partial charge in [-0.25, -0.2) is 0 Å². The van der Waals surface area contributed by atoms with Crippen LogP contribution in [0.1, 0.15) is 12.8 Å². The predicted octanol–water partition coefficient (Wildman–Crippen LogP) is -0.271. The molecule has 2 saturated heterocycles. The molecule has 0 aromatic carbocycles. The highest BCUT2D eigenvalue weighted by Gasteiger charge is 2.43. The second kappa shape index (κ2) is 1.45. The molecule has 1 unspecified atom stereocenters. The van der Waals surface area contributed by atoms with E-state index < -0.39 is 0 Å². The van der Waals surface area contributed by atoms with E-state index in [1.54, 1.807) is 0 Å². The highest BCUT2D eigenvalue weighted by atomic mass is 16.3. The van der Waals surface area contributed by atoms with Gasteiger partial charge in [-0.1, -0.05) is 0 Å². The van der Waals surface area contributed by atoms with Crippen LogP contribution in [0.5, 0.6) is 0 Å². The van der Waals surface area contributed by atoms with Gasteiger partial charge in [0.05, 0.1) is 6.61 Å². The monoisotopic (exact) mass is 113 g/mol. The highest BCUT2D eigenvalue weighted by molar-refractivity contribution is 5.01. The molecule has 1 atom stereocenters. The maximum Gasteiger partial charge on any atom is 0.0587 e. The van der Waals surface area contributed by atoms with Crippen LogP contribution in [-0.2, 0) is 0 Å². The molecular formula is C6H11NO. The first-order valence-corrected chi connectivity index (χ1v) is 3.27. The van der Waals surface area contributed by atoms with Gasteiger partial charge in [-0.05, 0) is 18.8 Å². The lowest BCUT2D eigenvalue weighted by Crippen LogP contribution is -2.25. The first kappa shape index (κ1) is 4.77. The van der Waals surface area contributed by atoms with Gasteiger partial charge in [0.15, 0.2) is 0 Å². The van der Waals surface area contributed by atoms with Gasteiger partial charge in [0.25, 0.3) is 0 Å². The number of rotatable bonds is 1. The molecule has 2 N–H and O–H groups in total. The minimum Gasteiger partial charge on any atom is -0.395 e. The molecule has 2 heteroatoms. The molecule has 0 aromatic rings. The third-order valence-corrected chi connectivity index (χ3v) is 2.39. The standard InChI is InChI=1S/C6H11NO/c8-3-6-4-1-5(2-4)7-6/h4-8H,1-3H2. The summed E-state index contributed by atoms with van der Waals surface area (Å²) >= 11 is 0. The van der Waals surface area contributed by atoms with Crippen molar-refractivity contribution < 1.29 is 5.11 Å². The van der Waals surface area contributed by atoms with Crippen molar-refractivity contribution in [2.75, 3.05) is 6.61 Å². The Kier molecular flexibility index (Phi) is 0.866. The van der Waals surface area contributed by atoms with Gasteiger partial charge >= 0.3 is 0 Å². The van der Waals surface area contributed by atoms with Crippen molar-refractivity contribution in [3.8, 4) is 0 Å². The average Bonchev–Trinajstić information content (AvgIpc) is 2.15. The first-order valence-electron chi connectivity index (χ1n) is 3.27. The second-order valence-corrected chi connectivity index (χ2v) is 2.88. The summed E-state index contributed by atoms with van der Waals surface area (Å²) in [5.41, 5.74) is 0. The molecule has 0 aromatic heterocycles. The minimum absolute atomic E-state index is 0.334. The largest absolute Gasteiger partial charge is 0.395 e. The Labute approximate surface area is 48.9 Å². The molecule has 2 bridgehead atoms. The number of aliphatic hydroxyl groups is 1. The maximum absolute atomic E-state index is 8.70. The van der Waals surface area contributed by atoms with E-state index in [-0.39, 0.29) is 0 Å². The molecule has 2 nitrogen and oxygen atoms in total. The average molecular weight is 113 g/mol. The number of nitrogens with one attached hydrogen (secondary N) is 1. The SMILES string of the molecule is OCC1NC2CC1C2. The summed E-state index contributed by atoms with van der Waals surface area (Å²) in [5, 5.41) is 12.0. The minimum atomic E-state index is 0.334. The first-order chi connectivity index (χ1) is 3.90. The van der Waals surface area contributed by atoms with Crippen LogP contribution in [0.25, 0.3) is 0 Å². The molecule has 3 rings (SSSR count). The molecule has 0 radical (unpaired) electrons. The smallest absolute Gasteiger partial charge is 0.0587 e. The molecule has 2 aliphatic heterocycles. The van der Waals surface area contributed by atoms with Crippen LogP contribution in [0.15, 0.2) is 0 Å². The zero-order chi connectivity index (χ0) is 5.56. The van der Waals surface area contributed by atoms with Crippen molar-refractivity contribution in [1.82, 2.24) is 5.32 Å². The Balaban J connectivity index is 2.00. The van der Waals surface area contributed by atoms with Crippen LogP contribution in [0, 0.1) is 5.92 Å². The van der Waals surface area contributed by atoms with Gasteiger partial charge in [0, 0.05) is 12.1 Å². The van der Waals surface area contributed by atoms with Crippen LogP contribution in [0.3, 0.4) is 0 Å². The molecule has 1 aliphatic carbocycles. The van der Waals surface area contributed by atoms with Crippen molar-refractivity contribution in [3.63, 3.8) is 0 Å². The van der Waals surface area contributed by atoms with E-state index in [2.05, 4.69) is 5.32 Å². The van der Waals surface area contributed by atoms with Gasteiger partial charge in [-0.2, -0.15) is 0 Å². The quantitative estimate of drug-likeness (QED) is 0.490. The van der Waals surface area contributed by atoms with Crippen molar-refractivity contribution in [2.24, 2.45) is 5.92 Å². The Morgan fingerprint density at radius 3 is 2.50 bits per heavy atom. The molecule has 8 heavy (non-hydrogen) atoms. The van der Waals surface area contributed by atoms with Crippen molar-refractivity contribution >= 4 is 0 Å². The summed E-state index contributed by atoms with van der Waals surface area (Å²) in [4.78, 5) is 0. The Morgan fingerprint density at radius 1 is 1.50 bits per heavy atom. The predicted molar refractivity (Wildman–Crippen MR) is 30.5 cm³/mol. The number of aliphatic hydroxyl groups excluding tert-OH is 1. The highest BCUT2D eigenvalue weighted by Crippen LogP contribution is 2.37. The third kappa shape index (κ3) is 0.446. The lowest BCUT2D eigenvalue weighted by Gasteiger charge is -2.21. The second-order valence-electron chi connectivity index (χ2n) is 2.88. The zero-order valence-corrected chi connectivity index (χ0v) is 4.80. The van der Waals surface area contributed by atoms with Crippen molar-refractivity contribution in [3.05, 3.63) is 0 Å². The van der Waals surface area contributed by atoms with Crippen LogP contribution in [-0.4, -0.2) is 23.8 Å². The molecule has 1 saturated carbocycles. The van der Waals surface area contributed by atoms with Gasteiger partial charge in [-0.3, -0.25) is 0 Å². The molecule has 0 amide bonds. The fourth-order valence-corrected chi connectivity index (χ4v) is 1.77. The van der Waals surface area contributed by atoms with Gasteiger partial charge in [0.1, 0.15) is 0 Å². The third-order valence-electron chi connectivity index (χ3n) is 2.39. The van der Waals surface area contributed by atoms with E-state index in [9.17, 15) is 0 Å². The molecule has 3 fully saturated rings.